The van der Waals surface area contributed by atoms with E-state index in [-0.39, 0.29) is 0 Å². The summed E-state index contributed by atoms with van der Waals surface area (Å²) in [6.07, 6.45) is 1.06. The molecule has 6 heteroatoms. The third kappa shape index (κ3) is 2.65. The number of thiophene rings is 1. The Hall–Kier alpha value is -0.460. The number of nitrogens with zero attached hydrogens (tertiary/aromatic N) is 2. The van der Waals surface area contributed by atoms with Gasteiger partial charge >= 0.3 is 0 Å². The summed E-state index contributed by atoms with van der Waals surface area (Å²) in [5.41, 5.74) is 0. The second-order valence-electron chi connectivity index (χ2n) is 4.83. The zero-order valence-electron chi connectivity index (χ0n) is 12.0. The maximum absolute atomic E-state index is 4.86. The molecule has 0 radical (unpaired) electrons. The molecule has 0 spiro atoms. The first-order chi connectivity index (χ1) is 9.72. The van der Waals surface area contributed by atoms with Crippen molar-refractivity contribution in [3.63, 3.8) is 0 Å². The first kappa shape index (κ1) is 14.5. The van der Waals surface area contributed by atoms with E-state index in [9.17, 15) is 0 Å². The Labute approximate surface area is 132 Å². The lowest BCUT2D eigenvalue weighted by Crippen LogP contribution is -2.18. The fourth-order valence-corrected chi connectivity index (χ4v) is 6.06. The molecule has 1 aliphatic rings. The summed E-state index contributed by atoms with van der Waals surface area (Å²) in [7, 11) is 1.95. The van der Waals surface area contributed by atoms with Gasteiger partial charge in [0.1, 0.15) is 16.5 Å². The normalized spacial score (nSPS) is 23.1. The molecule has 3 nitrogen and oxygen atoms in total. The first-order valence-electron chi connectivity index (χ1n) is 6.94. The molecule has 0 aliphatic carbocycles. The minimum atomic E-state index is 0.414. The van der Waals surface area contributed by atoms with Crippen LogP contribution in [0.15, 0.2) is 6.07 Å². The summed E-state index contributed by atoms with van der Waals surface area (Å²) in [6, 6.07) is 2.22. The summed E-state index contributed by atoms with van der Waals surface area (Å²) >= 11 is 5.83. The molecule has 0 aromatic carbocycles. The van der Waals surface area contributed by atoms with Gasteiger partial charge in [-0.15, -0.1) is 23.1 Å². The smallest absolute Gasteiger partial charge is 0.146 e. The molecule has 3 heterocycles. The highest BCUT2D eigenvalue weighted by atomic mass is 32.2. The molecule has 2 aromatic rings. The third-order valence-corrected chi connectivity index (χ3v) is 7.75. The number of aryl methyl sites for hydroxylation is 1. The van der Waals surface area contributed by atoms with Crippen LogP contribution in [0.4, 0.5) is 5.82 Å². The zero-order chi connectivity index (χ0) is 14.1. The third-order valence-electron chi connectivity index (χ3n) is 3.49. The van der Waals surface area contributed by atoms with Crippen molar-refractivity contribution in [2.45, 2.75) is 30.8 Å². The molecular formula is C14H19N3S3. The van der Waals surface area contributed by atoms with Gasteiger partial charge in [0.25, 0.3) is 0 Å². The van der Waals surface area contributed by atoms with Crippen LogP contribution >= 0.6 is 34.9 Å². The monoisotopic (exact) mass is 325 g/mol. The Morgan fingerprint density at radius 3 is 2.80 bits per heavy atom. The minimum Gasteiger partial charge on any atom is -0.372 e. The molecule has 2 aromatic heterocycles. The fourth-order valence-electron chi connectivity index (χ4n) is 2.40. The molecule has 0 amide bonds. The van der Waals surface area contributed by atoms with E-state index in [2.05, 4.69) is 25.2 Å². The summed E-state index contributed by atoms with van der Waals surface area (Å²) in [4.78, 5) is 12.2. The lowest BCUT2D eigenvalue weighted by Gasteiger charge is -2.26. The Morgan fingerprint density at radius 1 is 1.30 bits per heavy atom. The summed E-state index contributed by atoms with van der Waals surface area (Å²) < 4.78 is 0. The van der Waals surface area contributed by atoms with E-state index in [0.29, 0.717) is 10.5 Å². The van der Waals surface area contributed by atoms with Crippen molar-refractivity contribution >= 4 is 50.9 Å². The van der Waals surface area contributed by atoms with Crippen molar-refractivity contribution < 1.29 is 0 Å². The highest BCUT2D eigenvalue weighted by Gasteiger charge is 2.27. The summed E-state index contributed by atoms with van der Waals surface area (Å²) in [6.45, 7) is 4.48. The number of hydrogen-bond donors (Lipinski definition) is 1. The Bertz CT molecular complexity index is 611. The highest BCUT2D eigenvalue weighted by Crippen LogP contribution is 2.42. The van der Waals surface area contributed by atoms with E-state index < -0.39 is 0 Å². The van der Waals surface area contributed by atoms with Crippen LogP contribution in [0.5, 0.6) is 0 Å². The van der Waals surface area contributed by atoms with Crippen LogP contribution in [0.25, 0.3) is 10.2 Å². The van der Waals surface area contributed by atoms with Crippen LogP contribution in [-0.4, -0.2) is 33.8 Å². The maximum atomic E-state index is 4.86. The average Bonchev–Trinajstić information content (AvgIpc) is 2.89. The van der Waals surface area contributed by atoms with Gasteiger partial charge in [0.05, 0.1) is 10.6 Å². The van der Waals surface area contributed by atoms with Crippen molar-refractivity contribution in [1.82, 2.24) is 9.97 Å². The molecular weight excluding hydrogens is 306 g/mol. The molecule has 2 atom stereocenters. The SMILES string of the molecule is CCc1cc2c(NC)nc(C3SCCSC3C)nc2s1. The molecule has 1 aliphatic heterocycles. The fraction of sp³-hybridized carbons (Fsp3) is 0.571. The van der Waals surface area contributed by atoms with Crippen molar-refractivity contribution in [2.75, 3.05) is 23.9 Å². The Kier molecular flexibility index (Phi) is 4.43. The molecule has 0 bridgehead atoms. The van der Waals surface area contributed by atoms with Crippen LogP contribution in [-0.2, 0) is 6.42 Å². The largest absolute Gasteiger partial charge is 0.372 e. The van der Waals surface area contributed by atoms with Crippen LogP contribution in [0.2, 0.25) is 0 Å². The number of anilines is 1. The van der Waals surface area contributed by atoms with Gasteiger partial charge in [-0.2, -0.15) is 11.8 Å². The molecule has 108 valence electrons. The number of thioether (sulfide) groups is 2. The highest BCUT2D eigenvalue weighted by molar-refractivity contribution is 8.06. The van der Waals surface area contributed by atoms with Crippen molar-refractivity contribution in [2.24, 2.45) is 0 Å². The number of nitrogens with one attached hydrogen (secondary N) is 1. The van der Waals surface area contributed by atoms with Gasteiger partial charge in [-0.05, 0) is 12.5 Å². The standard InChI is InChI=1S/C14H19N3S3/c1-4-9-7-10-12(15-3)16-13(17-14(10)20-9)11-8(2)18-5-6-19-11/h7-8,11H,4-6H2,1-3H3,(H,15,16,17). The molecule has 2 unspecified atom stereocenters. The van der Waals surface area contributed by atoms with Crippen molar-refractivity contribution in [3.8, 4) is 0 Å². The van der Waals surface area contributed by atoms with E-state index in [1.54, 1.807) is 11.3 Å². The predicted molar refractivity (Wildman–Crippen MR) is 93.5 cm³/mol. The van der Waals surface area contributed by atoms with Crippen molar-refractivity contribution in [1.29, 1.82) is 0 Å². The van der Waals surface area contributed by atoms with Crippen molar-refractivity contribution in [3.05, 3.63) is 16.8 Å². The van der Waals surface area contributed by atoms with E-state index in [0.717, 1.165) is 22.9 Å². The molecule has 20 heavy (non-hydrogen) atoms. The van der Waals surface area contributed by atoms with E-state index in [4.69, 9.17) is 9.97 Å². The first-order valence-corrected chi connectivity index (χ1v) is 9.85. The predicted octanol–water partition coefficient (Wildman–Crippen LogP) is 4.21. The number of rotatable bonds is 3. The van der Waals surface area contributed by atoms with Gasteiger partial charge in [0, 0.05) is 28.7 Å². The average molecular weight is 326 g/mol. The quantitative estimate of drug-likeness (QED) is 0.915. The summed E-state index contributed by atoms with van der Waals surface area (Å²) in [5.74, 6) is 4.41. The van der Waals surface area contributed by atoms with Crippen LogP contribution in [0, 0.1) is 0 Å². The number of hydrogen-bond acceptors (Lipinski definition) is 6. The molecule has 1 saturated heterocycles. The van der Waals surface area contributed by atoms with Gasteiger partial charge in [0.15, 0.2) is 0 Å². The van der Waals surface area contributed by atoms with E-state index in [1.807, 2.05) is 30.6 Å². The van der Waals surface area contributed by atoms with Crippen LogP contribution in [0.1, 0.15) is 29.8 Å². The number of fused-ring (bicyclic) bond motifs is 1. The van der Waals surface area contributed by atoms with Crippen LogP contribution in [0.3, 0.4) is 0 Å². The van der Waals surface area contributed by atoms with Gasteiger partial charge in [-0.1, -0.05) is 13.8 Å². The second kappa shape index (κ2) is 6.12. The Balaban J connectivity index is 2.07. The summed E-state index contributed by atoms with van der Waals surface area (Å²) in [5, 5.41) is 5.41. The number of aromatic nitrogens is 2. The molecule has 3 rings (SSSR count). The minimum absolute atomic E-state index is 0.414. The lowest BCUT2D eigenvalue weighted by molar-refractivity contribution is 0.835. The zero-order valence-corrected chi connectivity index (χ0v) is 14.4. The van der Waals surface area contributed by atoms with E-state index in [1.165, 1.54) is 21.8 Å². The topological polar surface area (TPSA) is 37.8 Å². The van der Waals surface area contributed by atoms with Crippen LogP contribution < -0.4 is 5.32 Å². The molecule has 1 N–H and O–H groups in total. The van der Waals surface area contributed by atoms with Gasteiger partial charge in [-0.25, -0.2) is 9.97 Å². The molecule has 0 saturated carbocycles. The second-order valence-corrected chi connectivity index (χ2v) is 8.68. The van der Waals surface area contributed by atoms with Gasteiger partial charge in [-0.3, -0.25) is 0 Å². The van der Waals surface area contributed by atoms with Gasteiger partial charge in [0.2, 0.25) is 0 Å². The Morgan fingerprint density at radius 2 is 2.10 bits per heavy atom. The molecule has 1 fully saturated rings. The van der Waals surface area contributed by atoms with Gasteiger partial charge < -0.3 is 5.32 Å². The van der Waals surface area contributed by atoms with E-state index >= 15 is 0 Å². The maximum Gasteiger partial charge on any atom is 0.146 e. The lowest BCUT2D eigenvalue weighted by atomic mass is 10.2.